The summed E-state index contributed by atoms with van der Waals surface area (Å²) < 4.78 is 28.3. The van der Waals surface area contributed by atoms with Gasteiger partial charge in [-0.05, 0) is 48.9 Å². The van der Waals surface area contributed by atoms with Crippen molar-refractivity contribution in [3.63, 3.8) is 0 Å². The number of carbonyl (C=O) groups is 1. The Morgan fingerprint density at radius 1 is 1.00 bits per heavy atom. The van der Waals surface area contributed by atoms with E-state index in [0.29, 0.717) is 16.9 Å². The fourth-order valence-electron chi connectivity index (χ4n) is 2.96. The van der Waals surface area contributed by atoms with E-state index in [1.54, 1.807) is 43.3 Å². The topological polar surface area (TPSA) is 106 Å². The first-order chi connectivity index (χ1) is 15.3. The normalized spacial score (nSPS) is 11.2. The predicted octanol–water partition coefficient (Wildman–Crippen LogP) is 4.28. The number of rotatable bonds is 6. The zero-order chi connectivity index (χ0) is 22.7. The number of nitrogens with zero attached hydrogens (tertiary/aromatic N) is 3. The number of para-hydroxylation sites is 2. The van der Waals surface area contributed by atoms with Gasteiger partial charge in [0.15, 0.2) is 5.69 Å². The van der Waals surface area contributed by atoms with E-state index in [0.717, 1.165) is 0 Å². The summed E-state index contributed by atoms with van der Waals surface area (Å²) in [5.41, 5.74) is 1.88. The molecule has 0 bridgehead atoms. The minimum Gasteiger partial charge on any atom is -0.321 e. The SMILES string of the molecule is Cc1ccc(NC(=O)c2cnn(-c3ccccc3)n2)cc1S(=O)(=O)Nc1ccccc1Cl. The van der Waals surface area contributed by atoms with Crippen molar-refractivity contribution in [1.29, 1.82) is 0 Å². The second-order valence-corrected chi connectivity index (χ2v) is 8.93. The maximum atomic E-state index is 12.9. The molecule has 3 aromatic carbocycles. The molecule has 0 aliphatic rings. The molecule has 1 heterocycles. The van der Waals surface area contributed by atoms with Crippen molar-refractivity contribution < 1.29 is 13.2 Å². The van der Waals surface area contributed by atoms with Gasteiger partial charge in [-0.3, -0.25) is 9.52 Å². The first-order valence-corrected chi connectivity index (χ1v) is 11.4. The number of carbonyl (C=O) groups excluding carboxylic acids is 1. The fraction of sp³-hybridized carbons (Fsp3) is 0.0455. The predicted molar refractivity (Wildman–Crippen MR) is 123 cm³/mol. The Balaban J connectivity index is 1.56. The van der Waals surface area contributed by atoms with Crippen molar-refractivity contribution in [3.05, 3.63) is 95.3 Å². The molecule has 0 unspecified atom stereocenters. The number of sulfonamides is 1. The number of benzene rings is 3. The molecule has 0 radical (unpaired) electrons. The van der Waals surface area contributed by atoms with E-state index >= 15 is 0 Å². The van der Waals surface area contributed by atoms with Crippen LogP contribution in [0.2, 0.25) is 5.02 Å². The third kappa shape index (κ3) is 4.63. The van der Waals surface area contributed by atoms with Crippen molar-refractivity contribution in [2.24, 2.45) is 0 Å². The highest BCUT2D eigenvalue weighted by atomic mass is 35.5. The lowest BCUT2D eigenvalue weighted by molar-refractivity contribution is 0.102. The summed E-state index contributed by atoms with van der Waals surface area (Å²) in [6, 6.07) is 20.3. The van der Waals surface area contributed by atoms with Crippen LogP contribution < -0.4 is 10.0 Å². The number of halogens is 1. The molecular formula is C22H18ClN5O3S. The Morgan fingerprint density at radius 2 is 1.72 bits per heavy atom. The fourth-order valence-corrected chi connectivity index (χ4v) is 4.55. The molecule has 0 aliphatic carbocycles. The minimum atomic E-state index is -3.94. The van der Waals surface area contributed by atoms with Gasteiger partial charge in [0, 0.05) is 5.69 Å². The summed E-state index contributed by atoms with van der Waals surface area (Å²) in [4.78, 5) is 14.0. The van der Waals surface area contributed by atoms with Gasteiger partial charge in [-0.1, -0.05) is 48.0 Å². The maximum absolute atomic E-state index is 12.9. The van der Waals surface area contributed by atoms with Crippen molar-refractivity contribution in [2.45, 2.75) is 11.8 Å². The lowest BCUT2D eigenvalue weighted by Gasteiger charge is -2.13. The average molecular weight is 468 g/mol. The number of aromatic nitrogens is 3. The van der Waals surface area contributed by atoms with E-state index in [-0.39, 0.29) is 21.3 Å². The molecule has 1 aromatic heterocycles. The second kappa shape index (κ2) is 8.81. The van der Waals surface area contributed by atoms with Gasteiger partial charge in [-0.25, -0.2) is 8.42 Å². The Hall–Kier alpha value is -3.69. The van der Waals surface area contributed by atoms with E-state index in [1.165, 1.54) is 17.1 Å². The molecule has 0 spiro atoms. The molecule has 0 saturated heterocycles. The van der Waals surface area contributed by atoms with Gasteiger partial charge < -0.3 is 5.32 Å². The van der Waals surface area contributed by atoms with Gasteiger partial charge in [-0.15, -0.1) is 5.10 Å². The number of hydrogen-bond donors (Lipinski definition) is 2. The van der Waals surface area contributed by atoms with Crippen molar-refractivity contribution in [1.82, 2.24) is 15.0 Å². The van der Waals surface area contributed by atoms with Gasteiger partial charge in [0.2, 0.25) is 0 Å². The minimum absolute atomic E-state index is 0.0168. The molecule has 0 saturated carbocycles. The Labute approximate surface area is 189 Å². The number of anilines is 2. The van der Waals surface area contributed by atoms with E-state index in [1.807, 2.05) is 30.3 Å². The van der Waals surface area contributed by atoms with Crippen LogP contribution in [0.15, 0.2) is 83.9 Å². The van der Waals surface area contributed by atoms with Crippen LogP contribution in [0.1, 0.15) is 16.1 Å². The zero-order valence-electron chi connectivity index (χ0n) is 16.9. The molecule has 0 atom stereocenters. The van der Waals surface area contributed by atoms with Crippen LogP contribution in [0.3, 0.4) is 0 Å². The number of nitrogens with one attached hydrogen (secondary N) is 2. The first-order valence-electron chi connectivity index (χ1n) is 9.50. The van der Waals surface area contributed by atoms with Crippen LogP contribution in [0, 0.1) is 6.92 Å². The summed E-state index contributed by atoms with van der Waals surface area (Å²) in [5.74, 6) is -0.515. The van der Waals surface area contributed by atoms with Gasteiger partial charge in [0.25, 0.3) is 15.9 Å². The zero-order valence-corrected chi connectivity index (χ0v) is 18.4. The Bertz CT molecular complexity index is 1390. The largest absolute Gasteiger partial charge is 0.321 e. The summed E-state index contributed by atoms with van der Waals surface area (Å²) in [7, 11) is -3.94. The van der Waals surface area contributed by atoms with Crippen LogP contribution >= 0.6 is 11.6 Å². The molecule has 162 valence electrons. The van der Waals surface area contributed by atoms with Crippen LogP contribution in [0.4, 0.5) is 11.4 Å². The lowest BCUT2D eigenvalue weighted by atomic mass is 10.2. The highest BCUT2D eigenvalue weighted by Crippen LogP contribution is 2.27. The monoisotopic (exact) mass is 467 g/mol. The van der Waals surface area contributed by atoms with Crippen molar-refractivity contribution in [3.8, 4) is 5.69 Å². The third-order valence-electron chi connectivity index (χ3n) is 4.57. The van der Waals surface area contributed by atoms with Crippen LogP contribution in [-0.2, 0) is 10.0 Å². The van der Waals surface area contributed by atoms with Gasteiger partial charge in [-0.2, -0.15) is 9.90 Å². The molecule has 8 nitrogen and oxygen atoms in total. The van der Waals surface area contributed by atoms with Crippen LogP contribution in [0.5, 0.6) is 0 Å². The Kier molecular flexibility index (Phi) is 5.93. The first kappa shape index (κ1) is 21.5. The van der Waals surface area contributed by atoms with Crippen molar-refractivity contribution in [2.75, 3.05) is 10.0 Å². The highest BCUT2D eigenvalue weighted by molar-refractivity contribution is 7.92. The van der Waals surface area contributed by atoms with E-state index in [4.69, 9.17) is 11.6 Å². The molecular weight excluding hydrogens is 450 g/mol. The molecule has 0 aliphatic heterocycles. The Morgan fingerprint density at radius 3 is 2.47 bits per heavy atom. The molecule has 4 rings (SSSR count). The average Bonchev–Trinajstić information content (AvgIpc) is 3.28. The van der Waals surface area contributed by atoms with E-state index < -0.39 is 15.9 Å². The lowest BCUT2D eigenvalue weighted by Crippen LogP contribution is -2.17. The molecule has 1 amide bonds. The molecule has 4 aromatic rings. The quantitative estimate of drug-likeness (QED) is 0.440. The molecule has 32 heavy (non-hydrogen) atoms. The van der Waals surface area contributed by atoms with Gasteiger partial charge in [0.05, 0.1) is 27.5 Å². The smallest absolute Gasteiger partial charge is 0.277 e. The number of aryl methyl sites for hydroxylation is 1. The number of hydrogen-bond acceptors (Lipinski definition) is 5. The van der Waals surface area contributed by atoms with E-state index in [9.17, 15) is 13.2 Å². The van der Waals surface area contributed by atoms with Crippen molar-refractivity contribution >= 4 is 38.9 Å². The molecule has 10 heteroatoms. The van der Waals surface area contributed by atoms with Crippen LogP contribution in [0.25, 0.3) is 5.69 Å². The second-order valence-electron chi connectivity index (χ2n) is 6.87. The van der Waals surface area contributed by atoms with Gasteiger partial charge >= 0.3 is 0 Å². The molecule has 0 fully saturated rings. The standard InChI is InChI=1S/C22H18ClN5O3S/c1-15-11-12-16(13-21(15)32(30,31)27-19-10-6-5-9-18(19)23)25-22(29)20-14-24-28(26-20)17-7-3-2-4-8-17/h2-14,27H,1H3,(H,25,29). The highest BCUT2D eigenvalue weighted by Gasteiger charge is 2.20. The third-order valence-corrected chi connectivity index (χ3v) is 6.40. The van der Waals surface area contributed by atoms with Crippen LogP contribution in [-0.4, -0.2) is 29.3 Å². The summed E-state index contributed by atoms with van der Waals surface area (Å²) in [6.45, 7) is 1.66. The summed E-state index contributed by atoms with van der Waals surface area (Å²) in [6.07, 6.45) is 1.34. The van der Waals surface area contributed by atoms with E-state index in [2.05, 4.69) is 20.2 Å². The van der Waals surface area contributed by atoms with Gasteiger partial charge in [0.1, 0.15) is 0 Å². The number of amides is 1. The molecule has 2 N–H and O–H groups in total. The maximum Gasteiger partial charge on any atom is 0.277 e. The summed E-state index contributed by atoms with van der Waals surface area (Å²) >= 11 is 6.07. The summed E-state index contributed by atoms with van der Waals surface area (Å²) in [5, 5.41) is 11.2.